The molecule has 0 aromatic rings. The van der Waals surface area contributed by atoms with Gasteiger partial charge in [0.15, 0.2) is 12.4 Å². The summed E-state index contributed by atoms with van der Waals surface area (Å²) in [6.45, 7) is 4.66. The third kappa shape index (κ3) is 78.9. The summed E-state index contributed by atoms with van der Waals surface area (Å²) in [7, 11) is 5.94. The summed E-state index contributed by atoms with van der Waals surface area (Å²) in [5.41, 5.74) is 0. The fourth-order valence-corrected chi connectivity index (χ4v) is 11.5. The van der Waals surface area contributed by atoms with Gasteiger partial charge in [0.2, 0.25) is 0 Å². The zero-order valence-electron chi connectivity index (χ0n) is 63.9. The van der Waals surface area contributed by atoms with Crippen molar-refractivity contribution in [2.45, 2.75) is 373 Å². The van der Waals surface area contributed by atoms with Crippen LogP contribution in [0.2, 0.25) is 0 Å². The molecule has 0 radical (unpaired) electrons. The van der Waals surface area contributed by atoms with E-state index in [1.165, 1.54) is 225 Å². The highest BCUT2D eigenvalue weighted by molar-refractivity contribution is 5.70. The zero-order valence-corrected chi connectivity index (χ0v) is 63.9. The van der Waals surface area contributed by atoms with Gasteiger partial charge in [0.25, 0.3) is 0 Å². The van der Waals surface area contributed by atoms with Crippen molar-refractivity contribution in [1.29, 1.82) is 0 Å². The van der Waals surface area contributed by atoms with E-state index in [2.05, 4.69) is 135 Å². The maximum Gasteiger partial charge on any atom is 0.306 e. The van der Waals surface area contributed by atoms with Crippen LogP contribution in [0.5, 0.6) is 0 Å². The van der Waals surface area contributed by atoms with Crippen LogP contribution < -0.4 is 5.11 Å². The second-order valence-electron chi connectivity index (χ2n) is 28.3. The van der Waals surface area contributed by atoms with Crippen molar-refractivity contribution < 1.29 is 42.9 Å². The molecule has 558 valence electrons. The van der Waals surface area contributed by atoms with Crippen molar-refractivity contribution in [3.05, 3.63) is 122 Å². The third-order valence-electron chi connectivity index (χ3n) is 17.7. The third-order valence-corrected chi connectivity index (χ3v) is 17.7. The molecule has 2 unspecified atom stereocenters. The Balaban J connectivity index is 4.06. The van der Waals surface area contributed by atoms with Gasteiger partial charge in [-0.05, 0) is 109 Å². The van der Waals surface area contributed by atoms with Crippen molar-refractivity contribution >= 4 is 17.9 Å². The molecule has 0 aliphatic heterocycles. The fraction of sp³-hybridized carbons (Fsp3) is 0.739. The van der Waals surface area contributed by atoms with Gasteiger partial charge in [0, 0.05) is 12.8 Å². The number of carbonyl (C=O) groups excluding carboxylic acids is 3. The lowest BCUT2D eigenvalue weighted by Gasteiger charge is -2.26. The topological polar surface area (TPSA) is 111 Å². The number of aliphatic carboxylic acids is 1. The number of ether oxygens (including phenoxy) is 4. The summed E-state index contributed by atoms with van der Waals surface area (Å²) in [6.07, 6.45) is 108. The number of hydrogen-bond donors (Lipinski definition) is 0. The van der Waals surface area contributed by atoms with Gasteiger partial charge in [-0.2, -0.15) is 0 Å². The Hall–Kier alpha value is -4.31. The fourth-order valence-electron chi connectivity index (χ4n) is 11.5. The van der Waals surface area contributed by atoms with E-state index >= 15 is 0 Å². The van der Waals surface area contributed by atoms with Gasteiger partial charge < -0.3 is 33.3 Å². The number of carboxylic acid groups (broad SMARTS) is 1. The molecule has 0 aromatic carbocycles. The van der Waals surface area contributed by atoms with Gasteiger partial charge in [-0.25, -0.2) is 0 Å². The molecule has 0 aliphatic rings. The number of carbonyl (C=O) groups is 3. The number of carboxylic acids is 1. The number of esters is 2. The molecular weight excluding hydrogens is 1200 g/mol. The molecule has 0 aliphatic carbocycles. The summed E-state index contributed by atoms with van der Waals surface area (Å²) in [5, 5.41) is 11.9. The summed E-state index contributed by atoms with van der Waals surface area (Å²) in [6, 6.07) is 0. The number of allylic oxidation sites excluding steroid dienone is 20. The standard InChI is InChI=1S/C88H153NO8/c1-6-8-10-12-14-16-18-20-22-24-26-28-30-32-34-36-38-40-42-43-45-47-49-51-53-55-57-59-61-63-65-67-69-71-73-75-77-79-86(91)97-84(83-96-88(87(92)93)94-81-80-89(3,4)5)82-95-85(90)78-76-74-72-70-68-66-64-62-60-58-56-54-52-50-48-46-44-41-39-37-35-33-31-29-27-25-23-21-19-17-15-13-11-9-7-2/h8,10,14,16,20,22,25-28,32,34,38,40,43,45,49,51,55,57,84,88H,6-7,9,11-13,15,17-19,21,23-24,29-31,33,35-37,39,41-42,44,46-48,50,52-54,56,58-83H2,1-5H3/b10-8-,16-14-,22-20-,27-25-,28-26-,34-32-,40-38-,45-43-,51-49-,57-55-. The highest BCUT2D eigenvalue weighted by Gasteiger charge is 2.22. The Morgan fingerprint density at radius 3 is 0.887 bits per heavy atom. The first-order valence-corrected chi connectivity index (χ1v) is 40.7. The van der Waals surface area contributed by atoms with Gasteiger partial charge in [0.05, 0.1) is 40.3 Å². The number of rotatable bonds is 75. The van der Waals surface area contributed by atoms with Crippen molar-refractivity contribution in [3.8, 4) is 0 Å². The molecule has 0 amide bonds. The number of likely N-dealkylation sites (N-methyl/N-ethyl adjacent to an activating group) is 1. The molecule has 0 N–H and O–H groups in total. The van der Waals surface area contributed by atoms with Crippen LogP contribution in [-0.4, -0.2) is 82.3 Å². The molecule has 9 heteroatoms. The Bertz CT molecular complexity index is 2020. The lowest BCUT2D eigenvalue weighted by molar-refractivity contribution is -0.870. The monoisotopic (exact) mass is 1350 g/mol. The van der Waals surface area contributed by atoms with E-state index < -0.39 is 24.3 Å². The number of nitrogens with zero attached hydrogens (tertiary/aromatic N) is 1. The predicted molar refractivity (Wildman–Crippen MR) is 417 cm³/mol. The maximum absolute atomic E-state index is 13.0. The van der Waals surface area contributed by atoms with Crippen LogP contribution in [0, 0.1) is 0 Å². The second-order valence-corrected chi connectivity index (χ2v) is 28.3. The van der Waals surface area contributed by atoms with Gasteiger partial charge in [-0.15, -0.1) is 0 Å². The quantitative estimate of drug-likeness (QED) is 0.0195. The van der Waals surface area contributed by atoms with Gasteiger partial charge in [0.1, 0.15) is 13.2 Å². The molecule has 0 heterocycles. The first-order valence-electron chi connectivity index (χ1n) is 40.7. The molecule has 2 atom stereocenters. The first-order chi connectivity index (χ1) is 47.6. The molecular formula is C88H153NO8. The van der Waals surface area contributed by atoms with E-state index in [1.54, 1.807) is 0 Å². The predicted octanol–water partition coefficient (Wildman–Crippen LogP) is 24.9. The summed E-state index contributed by atoms with van der Waals surface area (Å²) < 4.78 is 22.9. The average Bonchev–Trinajstić information content (AvgIpc) is 3.11. The summed E-state index contributed by atoms with van der Waals surface area (Å²) in [5.74, 6) is -2.28. The lowest BCUT2D eigenvalue weighted by atomic mass is 10.0. The molecule has 0 saturated heterocycles. The van der Waals surface area contributed by atoms with E-state index in [0.717, 1.165) is 103 Å². The Labute approximate surface area is 599 Å². The Kier molecular flexibility index (Phi) is 74.0. The van der Waals surface area contributed by atoms with Gasteiger partial charge >= 0.3 is 11.9 Å². The van der Waals surface area contributed by atoms with Gasteiger partial charge in [-0.1, -0.05) is 360 Å². The molecule has 97 heavy (non-hydrogen) atoms. The van der Waals surface area contributed by atoms with Crippen LogP contribution in [0.1, 0.15) is 361 Å². The number of quaternary nitrogens is 1. The molecule has 0 saturated carbocycles. The Morgan fingerprint density at radius 2 is 0.588 bits per heavy atom. The molecule has 0 spiro atoms. The molecule has 0 fully saturated rings. The SMILES string of the molecule is CC/C=C\C/C=C\C/C=C\C/C=C\C/C=C\C/C=C\C/C=C\C/C=C\C/C=C\CCCCCCCCCCCC(=O)OC(COC(=O)CCCCCCCCCCCCCCCCCCCCCCCCC/C=C\CCCCCCCCCC)COC(OCC[N+](C)(C)C)C(=O)[O-]. The minimum atomic E-state index is -1.63. The van der Waals surface area contributed by atoms with Crippen LogP contribution in [0.15, 0.2) is 122 Å². The Morgan fingerprint density at radius 1 is 0.320 bits per heavy atom. The lowest BCUT2D eigenvalue weighted by Crippen LogP contribution is -2.44. The van der Waals surface area contributed by atoms with E-state index in [-0.39, 0.29) is 38.6 Å². The molecule has 9 nitrogen and oxygen atoms in total. The highest BCUT2D eigenvalue weighted by Crippen LogP contribution is 2.19. The maximum atomic E-state index is 13.0. The van der Waals surface area contributed by atoms with Crippen LogP contribution in [0.3, 0.4) is 0 Å². The minimum Gasteiger partial charge on any atom is -0.545 e. The van der Waals surface area contributed by atoms with Crippen molar-refractivity contribution in [2.75, 3.05) is 47.5 Å². The summed E-state index contributed by atoms with van der Waals surface area (Å²) >= 11 is 0. The van der Waals surface area contributed by atoms with Crippen LogP contribution in [-0.2, 0) is 33.3 Å². The molecule has 0 bridgehead atoms. The normalized spacial score (nSPS) is 13.3. The van der Waals surface area contributed by atoms with Crippen LogP contribution >= 0.6 is 0 Å². The van der Waals surface area contributed by atoms with E-state index in [1.807, 2.05) is 21.1 Å². The molecule has 0 aromatic heterocycles. The van der Waals surface area contributed by atoms with Crippen LogP contribution in [0.25, 0.3) is 0 Å². The van der Waals surface area contributed by atoms with E-state index in [4.69, 9.17) is 18.9 Å². The van der Waals surface area contributed by atoms with Crippen molar-refractivity contribution in [2.24, 2.45) is 0 Å². The van der Waals surface area contributed by atoms with Crippen molar-refractivity contribution in [3.63, 3.8) is 0 Å². The van der Waals surface area contributed by atoms with E-state index in [0.29, 0.717) is 17.4 Å². The van der Waals surface area contributed by atoms with Gasteiger partial charge in [-0.3, -0.25) is 9.59 Å². The minimum absolute atomic E-state index is 0.143. The summed E-state index contributed by atoms with van der Waals surface area (Å²) in [4.78, 5) is 37.6. The highest BCUT2D eigenvalue weighted by atomic mass is 16.7. The molecule has 0 rings (SSSR count). The van der Waals surface area contributed by atoms with Crippen LogP contribution in [0.4, 0.5) is 0 Å². The second kappa shape index (κ2) is 77.4. The zero-order chi connectivity index (χ0) is 70.4. The smallest absolute Gasteiger partial charge is 0.306 e. The number of hydrogen-bond acceptors (Lipinski definition) is 8. The largest absolute Gasteiger partial charge is 0.545 e. The number of unbranched alkanes of at least 4 members (excludes halogenated alkanes) is 40. The average molecular weight is 1350 g/mol. The van der Waals surface area contributed by atoms with Crippen molar-refractivity contribution in [1.82, 2.24) is 0 Å². The van der Waals surface area contributed by atoms with E-state index in [9.17, 15) is 19.5 Å². The first kappa shape index (κ1) is 92.7.